The number of carbonyl (C=O) groups is 1. The third kappa shape index (κ3) is 5.18. The van der Waals surface area contributed by atoms with Gasteiger partial charge < -0.3 is 9.30 Å². The lowest BCUT2D eigenvalue weighted by Gasteiger charge is -2.25. The summed E-state index contributed by atoms with van der Waals surface area (Å²) in [6, 6.07) is 41.7. The fourth-order valence-electron chi connectivity index (χ4n) is 6.67. The van der Waals surface area contributed by atoms with Gasteiger partial charge in [0.15, 0.2) is 4.80 Å². The van der Waals surface area contributed by atoms with Crippen molar-refractivity contribution in [2.24, 2.45) is 4.99 Å². The van der Waals surface area contributed by atoms with E-state index in [1.165, 1.54) is 27.7 Å². The van der Waals surface area contributed by atoms with Gasteiger partial charge in [0.05, 0.1) is 28.5 Å². The van der Waals surface area contributed by atoms with E-state index in [4.69, 9.17) is 9.73 Å². The second kappa shape index (κ2) is 12.4. The largest absolute Gasteiger partial charge is 0.463 e. The number of hydrogen-bond acceptors (Lipinski definition) is 5. The van der Waals surface area contributed by atoms with Crippen molar-refractivity contribution in [3.05, 3.63) is 181 Å². The summed E-state index contributed by atoms with van der Waals surface area (Å²) < 4.78 is 10.0. The first-order chi connectivity index (χ1) is 23.6. The maximum absolute atomic E-state index is 14.5. The van der Waals surface area contributed by atoms with Gasteiger partial charge in [0, 0.05) is 34.8 Å². The molecule has 5 aromatic carbocycles. The van der Waals surface area contributed by atoms with Crippen LogP contribution in [-0.2, 0) is 16.1 Å². The molecule has 0 amide bonds. The summed E-state index contributed by atoms with van der Waals surface area (Å²) in [6.07, 6.45) is 4.09. The molecular weight excluding hydrogens is 615 g/mol. The molecule has 2 aromatic heterocycles. The zero-order valence-corrected chi connectivity index (χ0v) is 27.1. The first kappa shape index (κ1) is 29.6. The Labute approximate surface area is 280 Å². The molecule has 48 heavy (non-hydrogen) atoms. The molecule has 1 aliphatic rings. The molecule has 7 aromatic rings. The normalized spacial score (nSPS) is 14.7. The van der Waals surface area contributed by atoms with Crippen LogP contribution in [0, 0.1) is 0 Å². The molecule has 0 bridgehead atoms. The van der Waals surface area contributed by atoms with Gasteiger partial charge in [-0.1, -0.05) is 133 Å². The summed E-state index contributed by atoms with van der Waals surface area (Å²) in [5.74, 6) is -0.486. The fraction of sp³-hybridized carbons (Fsp3) is 0.0976. The smallest absolute Gasteiger partial charge is 0.338 e. The number of ether oxygens (including phenoxy) is 1. The van der Waals surface area contributed by atoms with Crippen molar-refractivity contribution in [2.45, 2.75) is 19.5 Å². The van der Waals surface area contributed by atoms with Gasteiger partial charge in [-0.05, 0) is 41.0 Å². The Morgan fingerprint density at radius 3 is 2.31 bits per heavy atom. The van der Waals surface area contributed by atoms with Crippen LogP contribution in [0.4, 0.5) is 0 Å². The number of para-hydroxylation sites is 1. The Hall–Kier alpha value is -5.79. The van der Waals surface area contributed by atoms with Crippen molar-refractivity contribution in [3.8, 4) is 0 Å². The number of hydrogen-bond donors (Lipinski definition) is 0. The predicted molar refractivity (Wildman–Crippen MR) is 192 cm³/mol. The Kier molecular flexibility index (Phi) is 7.67. The highest BCUT2D eigenvalue weighted by molar-refractivity contribution is 7.07. The van der Waals surface area contributed by atoms with Gasteiger partial charge in [0.25, 0.3) is 5.56 Å². The van der Waals surface area contributed by atoms with Crippen molar-refractivity contribution >= 4 is 50.8 Å². The zero-order chi connectivity index (χ0) is 32.6. The van der Waals surface area contributed by atoms with Gasteiger partial charge in [-0.2, -0.15) is 0 Å². The quantitative estimate of drug-likeness (QED) is 0.174. The van der Waals surface area contributed by atoms with Crippen LogP contribution in [0.1, 0.15) is 35.2 Å². The molecule has 0 N–H and O–H groups in total. The number of rotatable bonds is 7. The van der Waals surface area contributed by atoms with Gasteiger partial charge in [-0.3, -0.25) is 9.36 Å². The van der Waals surface area contributed by atoms with E-state index in [1.807, 2.05) is 78.9 Å². The zero-order valence-electron chi connectivity index (χ0n) is 26.2. The van der Waals surface area contributed by atoms with E-state index in [0.717, 1.165) is 27.6 Å². The maximum atomic E-state index is 14.5. The van der Waals surface area contributed by atoms with E-state index < -0.39 is 12.0 Å². The highest BCUT2D eigenvalue weighted by atomic mass is 32.1. The molecule has 0 saturated carbocycles. The lowest BCUT2D eigenvalue weighted by atomic mass is 9.93. The second-order valence-corrected chi connectivity index (χ2v) is 12.7. The molecule has 234 valence electrons. The summed E-state index contributed by atoms with van der Waals surface area (Å²) in [5.41, 5.74) is 5.51. The average molecular weight is 646 g/mol. The van der Waals surface area contributed by atoms with E-state index in [9.17, 15) is 9.59 Å². The highest BCUT2D eigenvalue weighted by Gasteiger charge is 2.35. The van der Waals surface area contributed by atoms with E-state index in [2.05, 4.69) is 65.4 Å². The van der Waals surface area contributed by atoms with E-state index in [1.54, 1.807) is 11.5 Å². The first-order valence-electron chi connectivity index (χ1n) is 16.0. The number of aromatic nitrogens is 2. The number of thiazole rings is 1. The third-order valence-electron chi connectivity index (χ3n) is 8.82. The molecular formula is C41H31N3O3S. The van der Waals surface area contributed by atoms with Crippen molar-refractivity contribution < 1.29 is 9.53 Å². The lowest BCUT2D eigenvalue weighted by molar-refractivity contribution is -0.138. The molecule has 3 heterocycles. The van der Waals surface area contributed by atoms with Gasteiger partial charge >= 0.3 is 5.97 Å². The molecule has 0 saturated heterocycles. The molecule has 0 fully saturated rings. The Balaban J connectivity index is 1.32. The second-order valence-electron chi connectivity index (χ2n) is 11.7. The monoisotopic (exact) mass is 645 g/mol. The minimum Gasteiger partial charge on any atom is -0.463 e. The fourth-order valence-corrected chi connectivity index (χ4v) is 7.66. The van der Waals surface area contributed by atoms with Crippen LogP contribution >= 0.6 is 11.3 Å². The van der Waals surface area contributed by atoms with E-state index in [0.29, 0.717) is 27.1 Å². The Morgan fingerprint density at radius 2 is 1.52 bits per heavy atom. The van der Waals surface area contributed by atoms with Crippen LogP contribution in [0.2, 0.25) is 0 Å². The minimum absolute atomic E-state index is 0.201. The lowest BCUT2D eigenvalue weighted by Crippen LogP contribution is -2.39. The van der Waals surface area contributed by atoms with Crippen LogP contribution in [0.5, 0.6) is 0 Å². The first-order valence-corrected chi connectivity index (χ1v) is 16.8. The van der Waals surface area contributed by atoms with Crippen molar-refractivity contribution in [1.82, 2.24) is 9.13 Å². The number of nitrogens with zero attached hydrogens (tertiary/aromatic N) is 3. The Morgan fingerprint density at radius 1 is 0.833 bits per heavy atom. The topological polar surface area (TPSA) is 65.6 Å². The van der Waals surface area contributed by atoms with E-state index in [-0.39, 0.29) is 12.2 Å². The Bertz CT molecular complexity index is 2540. The van der Waals surface area contributed by atoms with Gasteiger partial charge in [-0.25, -0.2) is 9.79 Å². The van der Waals surface area contributed by atoms with Crippen molar-refractivity contribution in [2.75, 3.05) is 6.61 Å². The van der Waals surface area contributed by atoms with Crippen molar-refractivity contribution in [3.63, 3.8) is 0 Å². The van der Waals surface area contributed by atoms with Crippen molar-refractivity contribution in [1.29, 1.82) is 0 Å². The molecule has 6 nitrogen and oxygen atoms in total. The number of benzene rings is 5. The van der Waals surface area contributed by atoms with Crippen LogP contribution < -0.4 is 14.9 Å². The van der Waals surface area contributed by atoms with Gasteiger partial charge in [0.1, 0.15) is 0 Å². The van der Waals surface area contributed by atoms with Crippen LogP contribution in [-0.4, -0.2) is 21.7 Å². The number of esters is 1. The average Bonchev–Trinajstić information content (AvgIpc) is 3.64. The van der Waals surface area contributed by atoms with Gasteiger partial charge in [0.2, 0.25) is 0 Å². The summed E-state index contributed by atoms with van der Waals surface area (Å²) >= 11 is 1.34. The molecule has 8 rings (SSSR count). The van der Waals surface area contributed by atoms with Crippen LogP contribution in [0.15, 0.2) is 149 Å². The molecule has 0 radical (unpaired) electrons. The maximum Gasteiger partial charge on any atom is 0.338 e. The summed E-state index contributed by atoms with van der Waals surface area (Å²) in [6.45, 7) is 2.68. The molecule has 0 aliphatic carbocycles. The predicted octanol–water partition coefficient (Wildman–Crippen LogP) is 7.09. The third-order valence-corrected chi connectivity index (χ3v) is 9.80. The summed E-state index contributed by atoms with van der Waals surface area (Å²) in [7, 11) is 0. The molecule has 0 spiro atoms. The minimum atomic E-state index is -0.702. The van der Waals surface area contributed by atoms with Gasteiger partial charge in [-0.15, -0.1) is 0 Å². The van der Waals surface area contributed by atoms with E-state index >= 15 is 0 Å². The summed E-state index contributed by atoms with van der Waals surface area (Å²) in [5, 5.41) is 3.48. The number of carbonyl (C=O) groups excluding carboxylic acids is 1. The van der Waals surface area contributed by atoms with Crippen LogP contribution in [0.3, 0.4) is 0 Å². The molecule has 1 aliphatic heterocycles. The molecule has 7 heteroatoms. The van der Waals surface area contributed by atoms with Crippen LogP contribution in [0.25, 0.3) is 33.4 Å². The molecule has 1 atom stereocenters. The standard InChI is InChI=1S/C41H31N3O3S/c1-2-47-40(46)36-37(28-15-5-3-6-16-28)42-41-44(38(36)29-17-7-4-8-18-29)39(45)35(48-41)24-31-26-43(34-23-12-11-22-33(31)34)25-30-20-13-19-27-14-9-10-21-32(27)30/h3-24,26,38H,2,25H2,1H3/b35-24-/t38-/m1/s1. The molecule has 0 unspecified atom stereocenters. The number of fused-ring (bicyclic) bond motifs is 3. The highest BCUT2D eigenvalue weighted by Crippen LogP contribution is 2.35. The summed E-state index contributed by atoms with van der Waals surface area (Å²) in [4.78, 5) is 33.7. The SMILES string of the molecule is CCOC(=O)C1=C(c2ccccc2)N=c2s/c(=C\c3cn(Cc4cccc5ccccc45)c4ccccc34)c(=O)n2[C@@H]1c1ccccc1.